The van der Waals surface area contributed by atoms with Gasteiger partial charge in [0.25, 0.3) is 0 Å². The van der Waals surface area contributed by atoms with E-state index in [0.29, 0.717) is 25.3 Å². The van der Waals surface area contributed by atoms with E-state index in [0.717, 1.165) is 12.0 Å². The summed E-state index contributed by atoms with van der Waals surface area (Å²) in [7, 11) is 0. The Hall–Kier alpha value is -2.06. The largest absolute Gasteiger partial charge is 0.339 e. The number of aryl methyl sites for hydroxylation is 1. The van der Waals surface area contributed by atoms with Crippen molar-refractivity contribution in [2.75, 3.05) is 13.1 Å². The smallest absolute Gasteiger partial charge is 0.247 e. The molecule has 0 aliphatic carbocycles. The van der Waals surface area contributed by atoms with Crippen LogP contribution in [0, 0.1) is 12.7 Å². The van der Waals surface area contributed by atoms with E-state index in [4.69, 9.17) is 5.73 Å². The summed E-state index contributed by atoms with van der Waals surface area (Å²) in [6.45, 7) is 2.89. The lowest BCUT2D eigenvalue weighted by atomic mass is 10.0. The summed E-state index contributed by atoms with van der Waals surface area (Å²) in [5.74, 6) is 0.131. The molecule has 2 heterocycles. The van der Waals surface area contributed by atoms with Crippen LogP contribution in [0.2, 0.25) is 0 Å². The van der Waals surface area contributed by atoms with Crippen LogP contribution in [0.4, 0.5) is 4.39 Å². The average Bonchev–Trinajstić information content (AvgIpc) is 3.13. The number of carbonyl (C=O) groups is 1. The van der Waals surface area contributed by atoms with Crippen molar-refractivity contribution < 1.29 is 9.18 Å². The second kappa shape index (κ2) is 7.67. The minimum absolute atomic E-state index is 0. The second-order valence-electron chi connectivity index (χ2n) is 5.85. The Bertz CT molecular complexity index is 709. The lowest BCUT2D eigenvalue weighted by Gasteiger charge is -2.23. The van der Waals surface area contributed by atoms with E-state index in [2.05, 4.69) is 15.5 Å². The molecule has 2 N–H and O–H groups in total. The number of halogens is 2. The maximum atomic E-state index is 13.4. The Morgan fingerprint density at radius 3 is 2.88 bits per heavy atom. The molecular formula is C15H20ClFN6O. The Kier molecular flexibility index (Phi) is 5.84. The number of benzene rings is 1. The van der Waals surface area contributed by atoms with Crippen LogP contribution in [0.25, 0.3) is 0 Å². The highest BCUT2D eigenvalue weighted by molar-refractivity contribution is 5.85. The van der Waals surface area contributed by atoms with Gasteiger partial charge < -0.3 is 10.6 Å². The van der Waals surface area contributed by atoms with Gasteiger partial charge >= 0.3 is 0 Å². The lowest BCUT2D eigenvalue weighted by Crippen LogP contribution is -2.39. The zero-order valence-electron chi connectivity index (χ0n) is 13.3. The van der Waals surface area contributed by atoms with E-state index in [-0.39, 0.29) is 30.2 Å². The van der Waals surface area contributed by atoms with Crippen LogP contribution < -0.4 is 5.73 Å². The van der Waals surface area contributed by atoms with Gasteiger partial charge in [-0.05, 0) is 41.5 Å². The SMILES string of the molecule is Cc1nnnn1C(Cc1cccc(F)c1)C(=O)N1CC[C@@H](N)C1.Cl. The van der Waals surface area contributed by atoms with Crippen molar-refractivity contribution in [1.82, 2.24) is 25.1 Å². The molecule has 1 fully saturated rings. The van der Waals surface area contributed by atoms with Gasteiger partial charge in [-0.2, -0.15) is 0 Å². The van der Waals surface area contributed by atoms with Gasteiger partial charge in [0.05, 0.1) is 0 Å². The molecule has 2 aromatic rings. The predicted molar refractivity (Wildman–Crippen MR) is 88.1 cm³/mol. The number of carbonyl (C=O) groups excluding carboxylic acids is 1. The Morgan fingerprint density at radius 2 is 2.29 bits per heavy atom. The monoisotopic (exact) mass is 354 g/mol. The van der Waals surface area contributed by atoms with Gasteiger partial charge in [0.1, 0.15) is 17.7 Å². The van der Waals surface area contributed by atoms with Crippen LogP contribution in [-0.2, 0) is 11.2 Å². The topological polar surface area (TPSA) is 89.9 Å². The Labute approximate surface area is 145 Å². The van der Waals surface area contributed by atoms with E-state index >= 15 is 0 Å². The maximum absolute atomic E-state index is 13.4. The normalized spacial score (nSPS) is 18.3. The number of hydrogen-bond acceptors (Lipinski definition) is 5. The van der Waals surface area contributed by atoms with Crippen LogP contribution in [0.3, 0.4) is 0 Å². The molecule has 1 amide bonds. The molecule has 0 spiro atoms. The molecule has 130 valence electrons. The van der Waals surface area contributed by atoms with Crippen LogP contribution in [0.5, 0.6) is 0 Å². The molecule has 0 bridgehead atoms. The van der Waals surface area contributed by atoms with Gasteiger partial charge in [0, 0.05) is 25.6 Å². The quantitative estimate of drug-likeness (QED) is 0.880. The second-order valence-corrected chi connectivity index (χ2v) is 5.85. The zero-order chi connectivity index (χ0) is 16.4. The molecule has 24 heavy (non-hydrogen) atoms. The molecule has 1 unspecified atom stereocenters. The fourth-order valence-corrected chi connectivity index (χ4v) is 2.89. The number of amides is 1. The number of nitrogens with two attached hydrogens (primary N) is 1. The van der Waals surface area contributed by atoms with Crippen molar-refractivity contribution in [3.05, 3.63) is 41.5 Å². The number of likely N-dealkylation sites (tertiary alicyclic amines) is 1. The zero-order valence-corrected chi connectivity index (χ0v) is 14.1. The van der Waals surface area contributed by atoms with Crippen molar-refractivity contribution in [1.29, 1.82) is 0 Å². The van der Waals surface area contributed by atoms with Gasteiger partial charge in [-0.25, -0.2) is 9.07 Å². The fourth-order valence-electron chi connectivity index (χ4n) is 2.89. The average molecular weight is 355 g/mol. The van der Waals surface area contributed by atoms with E-state index in [1.165, 1.54) is 16.8 Å². The summed E-state index contributed by atoms with van der Waals surface area (Å²) in [4.78, 5) is 14.6. The summed E-state index contributed by atoms with van der Waals surface area (Å²) in [6.07, 6.45) is 1.11. The molecule has 0 radical (unpaired) electrons. The molecule has 1 aliphatic heterocycles. The molecular weight excluding hydrogens is 335 g/mol. The third kappa shape index (κ3) is 3.88. The predicted octanol–water partition coefficient (Wildman–Crippen LogP) is 0.886. The molecule has 7 nitrogen and oxygen atoms in total. The first kappa shape index (κ1) is 18.3. The minimum atomic E-state index is -0.600. The van der Waals surface area contributed by atoms with Crippen LogP contribution >= 0.6 is 12.4 Å². The van der Waals surface area contributed by atoms with Crippen molar-refractivity contribution in [2.45, 2.75) is 31.8 Å². The number of tetrazole rings is 1. The summed E-state index contributed by atoms with van der Waals surface area (Å²) in [5.41, 5.74) is 6.62. The molecule has 9 heteroatoms. The first-order valence-electron chi connectivity index (χ1n) is 7.58. The number of aromatic nitrogens is 4. The number of rotatable bonds is 4. The van der Waals surface area contributed by atoms with E-state index in [1.807, 2.05) is 0 Å². The number of nitrogens with zero attached hydrogens (tertiary/aromatic N) is 5. The van der Waals surface area contributed by atoms with Gasteiger partial charge in [0.2, 0.25) is 5.91 Å². The van der Waals surface area contributed by atoms with Crippen molar-refractivity contribution in [3.8, 4) is 0 Å². The van der Waals surface area contributed by atoms with E-state index in [9.17, 15) is 9.18 Å². The van der Waals surface area contributed by atoms with Crippen molar-refractivity contribution in [2.24, 2.45) is 5.73 Å². The van der Waals surface area contributed by atoms with Crippen LogP contribution in [-0.4, -0.2) is 50.1 Å². The highest BCUT2D eigenvalue weighted by atomic mass is 35.5. The molecule has 0 saturated carbocycles. The standard InChI is InChI=1S/C15H19FN6O.ClH/c1-10-18-19-20-22(10)14(8-11-3-2-4-12(16)7-11)15(23)21-6-5-13(17)9-21;/h2-4,7,13-14H,5-6,8-9,17H2,1H3;1H/t13-,14?;/m1./s1. The first-order valence-corrected chi connectivity index (χ1v) is 7.58. The molecule has 3 rings (SSSR count). The molecule has 1 aromatic heterocycles. The minimum Gasteiger partial charge on any atom is -0.339 e. The van der Waals surface area contributed by atoms with Gasteiger partial charge in [0.15, 0.2) is 0 Å². The summed E-state index contributed by atoms with van der Waals surface area (Å²) >= 11 is 0. The highest BCUT2D eigenvalue weighted by Gasteiger charge is 2.32. The van der Waals surface area contributed by atoms with E-state index in [1.54, 1.807) is 24.0 Å². The number of hydrogen-bond donors (Lipinski definition) is 1. The van der Waals surface area contributed by atoms with Gasteiger partial charge in [-0.15, -0.1) is 17.5 Å². The fraction of sp³-hybridized carbons (Fsp3) is 0.467. The molecule has 1 saturated heterocycles. The molecule has 1 aliphatic rings. The van der Waals surface area contributed by atoms with E-state index < -0.39 is 6.04 Å². The summed E-state index contributed by atoms with van der Waals surface area (Å²) < 4.78 is 14.9. The summed E-state index contributed by atoms with van der Waals surface area (Å²) in [5, 5.41) is 11.4. The van der Waals surface area contributed by atoms with Gasteiger partial charge in [-0.1, -0.05) is 12.1 Å². The van der Waals surface area contributed by atoms with Gasteiger partial charge in [-0.3, -0.25) is 4.79 Å². The van der Waals surface area contributed by atoms with Crippen molar-refractivity contribution in [3.63, 3.8) is 0 Å². The lowest BCUT2D eigenvalue weighted by molar-refractivity contribution is -0.134. The van der Waals surface area contributed by atoms with Crippen LogP contribution in [0.1, 0.15) is 23.9 Å². The van der Waals surface area contributed by atoms with Crippen molar-refractivity contribution >= 4 is 18.3 Å². The molecule has 2 atom stereocenters. The van der Waals surface area contributed by atoms with Crippen LogP contribution in [0.15, 0.2) is 24.3 Å². The Balaban J connectivity index is 0.00000208. The maximum Gasteiger partial charge on any atom is 0.247 e. The third-order valence-corrected chi connectivity index (χ3v) is 4.09. The third-order valence-electron chi connectivity index (χ3n) is 4.09. The molecule has 1 aromatic carbocycles. The Morgan fingerprint density at radius 1 is 1.50 bits per heavy atom. The highest BCUT2D eigenvalue weighted by Crippen LogP contribution is 2.20. The summed E-state index contributed by atoms with van der Waals surface area (Å²) in [6, 6.07) is 5.63. The first-order chi connectivity index (χ1) is 11.0.